The van der Waals surface area contributed by atoms with Crippen LogP contribution in [0.15, 0.2) is 18.2 Å². The van der Waals surface area contributed by atoms with E-state index in [1.807, 2.05) is 0 Å². The highest BCUT2D eigenvalue weighted by Crippen LogP contribution is 2.14. The molecule has 72 valence electrons. The van der Waals surface area contributed by atoms with Gasteiger partial charge in [-0.3, -0.25) is 0 Å². The third-order valence-electron chi connectivity index (χ3n) is 1.53. The molecule has 0 radical (unpaired) electrons. The van der Waals surface area contributed by atoms with Gasteiger partial charge in [0.05, 0.1) is 13.2 Å². The van der Waals surface area contributed by atoms with Gasteiger partial charge in [-0.1, -0.05) is 17.7 Å². The molecule has 4 heteroatoms. The van der Waals surface area contributed by atoms with Gasteiger partial charge in [0.15, 0.2) is 0 Å². The van der Waals surface area contributed by atoms with Crippen molar-refractivity contribution in [1.82, 2.24) is 0 Å². The molecule has 0 bridgehead atoms. The Morgan fingerprint density at radius 1 is 1.46 bits per heavy atom. The second-order valence-corrected chi connectivity index (χ2v) is 3.01. The molecule has 0 atom stereocenters. The lowest BCUT2D eigenvalue weighted by Crippen LogP contribution is -2.08. The second kappa shape index (κ2) is 5.17. The molecule has 0 aliphatic carbocycles. The highest BCUT2D eigenvalue weighted by Gasteiger charge is 2.01. The van der Waals surface area contributed by atoms with Crippen LogP contribution in [0.4, 0.5) is 4.39 Å². The van der Waals surface area contributed by atoms with E-state index in [0.717, 1.165) is 0 Å². The summed E-state index contributed by atoms with van der Waals surface area (Å²) in [6.07, 6.45) is 0. The van der Waals surface area contributed by atoms with Crippen molar-refractivity contribution in [2.24, 2.45) is 5.73 Å². The Kier molecular flexibility index (Phi) is 4.15. The molecule has 0 aromatic heterocycles. The maximum absolute atomic E-state index is 13.1. The monoisotopic (exact) mass is 203 g/mol. The van der Waals surface area contributed by atoms with E-state index in [0.29, 0.717) is 23.7 Å². The van der Waals surface area contributed by atoms with Crippen LogP contribution in [0.1, 0.15) is 5.56 Å². The van der Waals surface area contributed by atoms with Crippen LogP contribution in [0.2, 0.25) is 5.02 Å². The molecule has 13 heavy (non-hydrogen) atoms. The number of hydrogen-bond donors (Lipinski definition) is 1. The fourth-order valence-electron chi connectivity index (χ4n) is 0.904. The van der Waals surface area contributed by atoms with Crippen LogP contribution in [-0.4, -0.2) is 13.2 Å². The van der Waals surface area contributed by atoms with Crippen LogP contribution in [0.5, 0.6) is 0 Å². The lowest BCUT2D eigenvalue weighted by atomic mass is 10.2. The van der Waals surface area contributed by atoms with Crippen molar-refractivity contribution >= 4 is 11.6 Å². The number of benzene rings is 1. The molecule has 0 saturated carbocycles. The lowest BCUT2D eigenvalue weighted by molar-refractivity contribution is 0.125. The van der Waals surface area contributed by atoms with Crippen LogP contribution < -0.4 is 5.73 Å². The molecule has 0 heterocycles. The van der Waals surface area contributed by atoms with Gasteiger partial charge in [0.25, 0.3) is 0 Å². The quantitative estimate of drug-likeness (QED) is 0.760. The molecule has 0 spiro atoms. The zero-order valence-corrected chi connectivity index (χ0v) is 7.85. The summed E-state index contributed by atoms with van der Waals surface area (Å²) in [6.45, 7) is 1.11. The van der Waals surface area contributed by atoms with Gasteiger partial charge >= 0.3 is 0 Å². The summed E-state index contributed by atoms with van der Waals surface area (Å²) in [7, 11) is 0. The summed E-state index contributed by atoms with van der Waals surface area (Å²) in [5, 5.41) is 0.389. The summed E-state index contributed by atoms with van der Waals surface area (Å²) >= 11 is 5.58. The molecule has 0 aliphatic heterocycles. The van der Waals surface area contributed by atoms with E-state index in [9.17, 15) is 4.39 Å². The predicted octanol–water partition coefficient (Wildman–Crippen LogP) is 1.95. The van der Waals surface area contributed by atoms with Crippen LogP contribution in [0.25, 0.3) is 0 Å². The van der Waals surface area contributed by atoms with Crippen molar-refractivity contribution in [2.75, 3.05) is 13.2 Å². The van der Waals surface area contributed by atoms with Crippen molar-refractivity contribution in [2.45, 2.75) is 6.61 Å². The van der Waals surface area contributed by atoms with Gasteiger partial charge in [-0.15, -0.1) is 0 Å². The van der Waals surface area contributed by atoms with Gasteiger partial charge < -0.3 is 10.5 Å². The summed E-state index contributed by atoms with van der Waals surface area (Å²) in [5.41, 5.74) is 5.71. The Labute approximate surface area is 81.4 Å². The van der Waals surface area contributed by atoms with Gasteiger partial charge in [0.1, 0.15) is 5.82 Å². The second-order valence-electron chi connectivity index (χ2n) is 2.58. The molecular weight excluding hydrogens is 193 g/mol. The molecule has 2 N–H and O–H groups in total. The fourth-order valence-corrected chi connectivity index (χ4v) is 1.06. The summed E-state index contributed by atoms with van der Waals surface area (Å²) in [6, 6.07) is 4.50. The molecular formula is C9H11ClFNO. The Bertz CT molecular complexity index is 280. The van der Waals surface area contributed by atoms with E-state index >= 15 is 0 Å². The van der Waals surface area contributed by atoms with Gasteiger partial charge in [-0.25, -0.2) is 4.39 Å². The smallest absolute Gasteiger partial charge is 0.130 e. The minimum absolute atomic E-state index is 0.236. The van der Waals surface area contributed by atoms with Gasteiger partial charge in [-0.2, -0.15) is 0 Å². The maximum Gasteiger partial charge on any atom is 0.130 e. The van der Waals surface area contributed by atoms with Crippen LogP contribution in [0.3, 0.4) is 0 Å². The number of nitrogens with two attached hydrogens (primary N) is 1. The number of rotatable bonds is 4. The fraction of sp³-hybridized carbons (Fsp3) is 0.333. The normalized spacial score (nSPS) is 10.4. The number of hydrogen-bond acceptors (Lipinski definition) is 2. The molecule has 0 fully saturated rings. The maximum atomic E-state index is 13.1. The van der Waals surface area contributed by atoms with Crippen molar-refractivity contribution in [3.63, 3.8) is 0 Å². The molecule has 1 aromatic carbocycles. The van der Waals surface area contributed by atoms with Crippen molar-refractivity contribution in [3.05, 3.63) is 34.6 Å². The third kappa shape index (κ3) is 3.30. The molecule has 1 aromatic rings. The minimum atomic E-state index is -0.343. The molecule has 0 aliphatic rings. The highest BCUT2D eigenvalue weighted by molar-refractivity contribution is 6.30. The molecule has 0 amide bonds. The third-order valence-corrected chi connectivity index (χ3v) is 1.77. The average molecular weight is 204 g/mol. The lowest BCUT2D eigenvalue weighted by Gasteiger charge is -2.03. The number of ether oxygens (including phenoxy) is 1. The molecule has 2 nitrogen and oxygen atoms in total. The topological polar surface area (TPSA) is 35.2 Å². The van der Waals surface area contributed by atoms with E-state index in [-0.39, 0.29) is 12.4 Å². The van der Waals surface area contributed by atoms with Crippen molar-refractivity contribution in [3.8, 4) is 0 Å². The summed E-state index contributed by atoms with van der Waals surface area (Å²) in [4.78, 5) is 0. The first-order valence-corrected chi connectivity index (χ1v) is 4.33. The van der Waals surface area contributed by atoms with Crippen LogP contribution in [-0.2, 0) is 11.3 Å². The first kappa shape index (κ1) is 10.4. The minimum Gasteiger partial charge on any atom is -0.375 e. The van der Waals surface area contributed by atoms with Gasteiger partial charge in [0, 0.05) is 17.1 Å². The zero-order chi connectivity index (χ0) is 9.68. The van der Waals surface area contributed by atoms with E-state index < -0.39 is 0 Å². The van der Waals surface area contributed by atoms with Crippen LogP contribution >= 0.6 is 11.6 Å². The first-order valence-electron chi connectivity index (χ1n) is 3.96. The Hall–Kier alpha value is -0.640. The standard InChI is InChI=1S/C9H11ClFNO/c10-8-2-1-7(9(11)5-8)6-13-4-3-12/h1-2,5H,3-4,6,12H2. The van der Waals surface area contributed by atoms with E-state index in [2.05, 4.69) is 0 Å². The first-order chi connectivity index (χ1) is 6.24. The summed E-state index contributed by atoms with van der Waals surface area (Å²) in [5.74, 6) is -0.343. The van der Waals surface area contributed by atoms with E-state index in [1.54, 1.807) is 12.1 Å². The highest BCUT2D eigenvalue weighted by atomic mass is 35.5. The van der Waals surface area contributed by atoms with Gasteiger partial charge in [0.2, 0.25) is 0 Å². The Balaban J connectivity index is 2.56. The average Bonchev–Trinajstić information content (AvgIpc) is 2.09. The molecule has 1 rings (SSSR count). The number of halogens is 2. The SMILES string of the molecule is NCCOCc1ccc(Cl)cc1F. The molecule has 0 saturated heterocycles. The Morgan fingerprint density at radius 2 is 2.23 bits per heavy atom. The summed E-state index contributed by atoms with van der Waals surface area (Å²) < 4.78 is 18.2. The van der Waals surface area contributed by atoms with Crippen molar-refractivity contribution in [1.29, 1.82) is 0 Å². The van der Waals surface area contributed by atoms with Crippen molar-refractivity contribution < 1.29 is 9.13 Å². The van der Waals surface area contributed by atoms with Gasteiger partial charge in [-0.05, 0) is 12.1 Å². The molecule has 0 unspecified atom stereocenters. The largest absolute Gasteiger partial charge is 0.375 e. The van der Waals surface area contributed by atoms with Crippen LogP contribution in [0, 0.1) is 5.82 Å². The van der Waals surface area contributed by atoms with E-state index in [1.165, 1.54) is 6.07 Å². The van der Waals surface area contributed by atoms with E-state index in [4.69, 9.17) is 22.1 Å². The predicted molar refractivity (Wildman–Crippen MR) is 50.1 cm³/mol. The Morgan fingerprint density at radius 3 is 2.85 bits per heavy atom. The zero-order valence-electron chi connectivity index (χ0n) is 7.09.